The lowest BCUT2D eigenvalue weighted by molar-refractivity contribution is -0.109. The van der Waals surface area contributed by atoms with Gasteiger partial charge in [0.05, 0.1) is 12.2 Å². The van der Waals surface area contributed by atoms with Crippen molar-refractivity contribution in [2.45, 2.75) is 70.6 Å². The molecule has 2 fully saturated rings. The van der Waals surface area contributed by atoms with Crippen molar-refractivity contribution in [2.24, 2.45) is 5.41 Å². The molecule has 0 radical (unpaired) electrons. The molecule has 2 aliphatic heterocycles. The molecule has 5 heteroatoms. The molecule has 0 aromatic rings. The SMILES string of the molecule is C=CC1=CCC(N2CC(N3CCC(CCNC=O)(COC(C)(C)C)C3)C2)CC1. The van der Waals surface area contributed by atoms with Crippen LogP contribution in [-0.4, -0.2) is 73.2 Å². The Morgan fingerprint density at radius 2 is 2.11 bits per heavy atom. The average molecular weight is 390 g/mol. The molecular weight excluding hydrogens is 350 g/mol. The van der Waals surface area contributed by atoms with Crippen LogP contribution in [0.2, 0.25) is 0 Å². The third kappa shape index (κ3) is 5.46. The van der Waals surface area contributed by atoms with Gasteiger partial charge >= 0.3 is 0 Å². The summed E-state index contributed by atoms with van der Waals surface area (Å²) in [6, 6.07) is 1.40. The molecule has 0 spiro atoms. The summed E-state index contributed by atoms with van der Waals surface area (Å²) in [5.74, 6) is 0. The fraction of sp³-hybridized carbons (Fsp3) is 0.783. The van der Waals surface area contributed by atoms with E-state index in [1.807, 2.05) is 6.08 Å². The Morgan fingerprint density at radius 3 is 2.71 bits per heavy atom. The number of likely N-dealkylation sites (tertiary alicyclic amines) is 2. The molecular formula is C23H39N3O2. The third-order valence-electron chi connectivity index (χ3n) is 6.77. The Labute approximate surface area is 171 Å². The molecule has 1 amide bonds. The highest BCUT2D eigenvalue weighted by Crippen LogP contribution is 2.38. The van der Waals surface area contributed by atoms with Crippen LogP contribution in [0, 0.1) is 5.41 Å². The Hall–Kier alpha value is -1.17. The molecule has 0 aromatic heterocycles. The summed E-state index contributed by atoms with van der Waals surface area (Å²) < 4.78 is 6.20. The zero-order valence-electron chi connectivity index (χ0n) is 18.1. The van der Waals surface area contributed by atoms with Crippen LogP contribution >= 0.6 is 0 Å². The smallest absolute Gasteiger partial charge is 0.207 e. The van der Waals surface area contributed by atoms with E-state index in [0.717, 1.165) is 45.5 Å². The van der Waals surface area contributed by atoms with Gasteiger partial charge in [0, 0.05) is 43.7 Å². The van der Waals surface area contributed by atoms with Crippen LogP contribution < -0.4 is 5.32 Å². The van der Waals surface area contributed by atoms with Gasteiger partial charge in [0.15, 0.2) is 0 Å². The van der Waals surface area contributed by atoms with Crippen LogP contribution in [-0.2, 0) is 9.53 Å². The van der Waals surface area contributed by atoms with Gasteiger partial charge in [0.2, 0.25) is 6.41 Å². The standard InChI is InChI=1S/C23H39N3O2/c1-5-19-6-8-20(9-7-19)26-14-21(15-26)25-13-11-23(16-25,10-12-24-18-27)17-28-22(2,3)4/h5-6,18,20-21H,1,7-17H2,2-4H3,(H,24,27). The predicted molar refractivity (Wildman–Crippen MR) is 114 cm³/mol. The summed E-state index contributed by atoms with van der Waals surface area (Å²) in [4.78, 5) is 16.0. The summed E-state index contributed by atoms with van der Waals surface area (Å²) in [6.45, 7) is 16.4. The summed E-state index contributed by atoms with van der Waals surface area (Å²) in [5, 5.41) is 2.85. The number of ether oxygens (including phenoxy) is 1. The largest absolute Gasteiger partial charge is 0.375 e. The fourth-order valence-electron chi connectivity index (χ4n) is 4.82. The highest BCUT2D eigenvalue weighted by molar-refractivity contribution is 5.45. The molecule has 158 valence electrons. The molecule has 2 atom stereocenters. The predicted octanol–water partition coefficient (Wildman–Crippen LogP) is 2.98. The zero-order chi connectivity index (χ0) is 20.2. The van der Waals surface area contributed by atoms with Crippen molar-refractivity contribution in [1.29, 1.82) is 0 Å². The van der Waals surface area contributed by atoms with Crippen molar-refractivity contribution in [3.63, 3.8) is 0 Å². The minimum Gasteiger partial charge on any atom is -0.375 e. The Morgan fingerprint density at radius 1 is 1.32 bits per heavy atom. The van der Waals surface area contributed by atoms with Gasteiger partial charge in [-0.1, -0.05) is 24.3 Å². The second kappa shape index (κ2) is 9.10. The van der Waals surface area contributed by atoms with E-state index in [-0.39, 0.29) is 11.0 Å². The molecule has 1 aliphatic carbocycles. The van der Waals surface area contributed by atoms with Gasteiger partial charge in [-0.25, -0.2) is 0 Å². The highest BCUT2D eigenvalue weighted by Gasteiger charge is 2.44. The van der Waals surface area contributed by atoms with Crippen molar-refractivity contribution < 1.29 is 9.53 Å². The average Bonchev–Trinajstić information content (AvgIpc) is 3.03. The Bertz CT molecular complexity index is 577. The van der Waals surface area contributed by atoms with Crippen molar-refractivity contribution in [2.75, 3.05) is 39.3 Å². The first kappa shape index (κ1) is 21.5. The van der Waals surface area contributed by atoms with Crippen LogP contribution in [0.25, 0.3) is 0 Å². The minimum atomic E-state index is -0.120. The molecule has 0 aromatic carbocycles. The van der Waals surface area contributed by atoms with Crippen LogP contribution in [0.3, 0.4) is 0 Å². The number of hydrogen-bond acceptors (Lipinski definition) is 4. The van der Waals surface area contributed by atoms with Gasteiger partial charge in [-0.15, -0.1) is 0 Å². The van der Waals surface area contributed by atoms with E-state index in [0.29, 0.717) is 12.1 Å². The van der Waals surface area contributed by atoms with Gasteiger partial charge in [0.1, 0.15) is 0 Å². The van der Waals surface area contributed by atoms with E-state index in [1.165, 1.54) is 37.9 Å². The summed E-state index contributed by atoms with van der Waals surface area (Å²) >= 11 is 0. The molecule has 28 heavy (non-hydrogen) atoms. The van der Waals surface area contributed by atoms with Gasteiger partial charge < -0.3 is 10.1 Å². The van der Waals surface area contributed by atoms with E-state index in [1.54, 1.807) is 0 Å². The van der Waals surface area contributed by atoms with Gasteiger partial charge in [0.25, 0.3) is 0 Å². The minimum absolute atomic E-state index is 0.120. The number of carbonyl (C=O) groups is 1. The highest BCUT2D eigenvalue weighted by atomic mass is 16.5. The topological polar surface area (TPSA) is 44.8 Å². The number of nitrogens with zero attached hydrogens (tertiary/aromatic N) is 2. The maximum Gasteiger partial charge on any atom is 0.207 e. The maximum atomic E-state index is 10.7. The van der Waals surface area contributed by atoms with Gasteiger partial charge in [-0.2, -0.15) is 0 Å². The monoisotopic (exact) mass is 389 g/mol. The lowest BCUT2D eigenvalue weighted by atomic mass is 9.84. The van der Waals surface area contributed by atoms with E-state index in [4.69, 9.17) is 4.74 Å². The van der Waals surface area contributed by atoms with E-state index >= 15 is 0 Å². The number of carbonyl (C=O) groups excluding carboxylic acids is 1. The normalized spacial score (nSPS) is 30.0. The quantitative estimate of drug-likeness (QED) is 0.486. The second-order valence-corrected chi connectivity index (χ2v) is 9.96. The van der Waals surface area contributed by atoms with Gasteiger partial charge in [-0.05, 0) is 59.4 Å². The molecule has 5 nitrogen and oxygen atoms in total. The first-order valence-corrected chi connectivity index (χ1v) is 10.9. The number of hydrogen-bond donors (Lipinski definition) is 1. The zero-order valence-corrected chi connectivity index (χ0v) is 18.1. The van der Waals surface area contributed by atoms with Crippen molar-refractivity contribution in [1.82, 2.24) is 15.1 Å². The Balaban J connectivity index is 1.50. The molecule has 0 bridgehead atoms. The first-order chi connectivity index (χ1) is 13.3. The molecule has 1 N–H and O–H groups in total. The second-order valence-electron chi connectivity index (χ2n) is 9.96. The van der Waals surface area contributed by atoms with Crippen LogP contribution in [0.1, 0.15) is 52.9 Å². The molecule has 2 saturated heterocycles. The number of amides is 1. The third-order valence-corrected chi connectivity index (χ3v) is 6.77. The number of allylic oxidation sites excluding steroid dienone is 2. The number of nitrogens with one attached hydrogen (secondary N) is 1. The lowest BCUT2D eigenvalue weighted by Crippen LogP contribution is -2.62. The maximum absolute atomic E-state index is 10.7. The van der Waals surface area contributed by atoms with Gasteiger partial charge in [-0.3, -0.25) is 14.6 Å². The van der Waals surface area contributed by atoms with E-state index in [9.17, 15) is 4.79 Å². The van der Waals surface area contributed by atoms with Crippen LogP contribution in [0.4, 0.5) is 0 Å². The fourth-order valence-corrected chi connectivity index (χ4v) is 4.82. The molecule has 2 unspecified atom stereocenters. The van der Waals surface area contributed by atoms with Crippen molar-refractivity contribution in [3.8, 4) is 0 Å². The first-order valence-electron chi connectivity index (χ1n) is 10.9. The van der Waals surface area contributed by atoms with E-state index in [2.05, 4.69) is 48.5 Å². The van der Waals surface area contributed by atoms with E-state index < -0.39 is 0 Å². The summed E-state index contributed by atoms with van der Waals surface area (Å²) in [7, 11) is 0. The summed E-state index contributed by atoms with van der Waals surface area (Å²) in [5.41, 5.74) is 1.46. The van der Waals surface area contributed by atoms with Crippen molar-refractivity contribution in [3.05, 3.63) is 24.3 Å². The summed E-state index contributed by atoms with van der Waals surface area (Å²) in [6.07, 6.45) is 11.0. The van der Waals surface area contributed by atoms with Crippen LogP contribution in [0.15, 0.2) is 24.3 Å². The Kier molecular flexibility index (Phi) is 7.00. The van der Waals surface area contributed by atoms with Crippen LogP contribution in [0.5, 0.6) is 0 Å². The lowest BCUT2D eigenvalue weighted by Gasteiger charge is -2.49. The molecule has 3 aliphatic rings. The molecule has 2 heterocycles. The molecule has 0 saturated carbocycles. The number of rotatable bonds is 9. The molecule has 3 rings (SSSR count). The van der Waals surface area contributed by atoms with Crippen molar-refractivity contribution >= 4 is 6.41 Å².